The smallest absolute Gasteiger partial charge is 0.237 e. The lowest BCUT2D eigenvalue weighted by atomic mass is 10.0. The summed E-state index contributed by atoms with van der Waals surface area (Å²) in [4.78, 5) is 12.0. The van der Waals surface area contributed by atoms with E-state index in [0.29, 0.717) is 19.6 Å². The van der Waals surface area contributed by atoms with E-state index >= 15 is 0 Å². The zero-order chi connectivity index (χ0) is 14.4. The van der Waals surface area contributed by atoms with Crippen LogP contribution in [-0.4, -0.2) is 38.3 Å². The predicted molar refractivity (Wildman–Crippen MR) is 76.7 cm³/mol. The monoisotopic (exact) mass is 278 g/mol. The lowest BCUT2D eigenvalue weighted by molar-refractivity contribution is -0.123. The zero-order valence-corrected chi connectivity index (χ0v) is 11.8. The van der Waals surface area contributed by atoms with Crippen LogP contribution in [0.4, 0.5) is 0 Å². The Morgan fingerprint density at radius 2 is 2.05 bits per heavy atom. The summed E-state index contributed by atoms with van der Waals surface area (Å²) in [5, 5.41) is 2.99. The third-order valence-corrected chi connectivity index (χ3v) is 3.52. The Balaban J connectivity index is 1.83. The van der Waals surface area contributed by atoms with E-state index in [2.05, 4.69) is 5.32 Å². The van der Waals surface area contributed by atoms with E-state index in [1.54, 1.807) is 7.11 Å². The molecule has 110 valence electrons. The van der Waals surface area contributed by atoms with Gasteiger partial charge in [0, 0.05) is 19.3 Å². The first-order chi connectivity index (χ1) is 9.69. The molecular formula is C15H22N2O3. The first-order valence-corrected chi connectivity index (χ1v) is 6.95. The summed E-state index contributed by atoms with van der Waals surface area (Å²) in [6, 6.07) is 7.28. The first-order valence-electron chi connectivity index (χ1n) is 6.95. The van der Waals surface area contributed by atoms with Gasteiger partial charge in [0.15, 0.2) is 0 Å². The Kier molecular flexibility index (Phi) is 5.38. The van der Waals surface area contributed by atoms with Crippen molar-refractivity contribution in [2.45, 2.75) is 31.3 Å². The molecule has 1 aromatic rings. The van der Waals surface area contributed by atoms with Gasteiger partial charge in [0.05, 0.1) is 13.2 Å². The lowest BCUT2D eigenvalue weighted by Gasteiger charge is -2.24. The van der Waals surface area contributed by atoms with Gasteiger partial charge in [-0.15, -0.1) is 0 Å². The number of nitrogens with two attached hydrogens (primary N) is 1. The second-order valence-electron chi connectivity index (χ2n) is 5.05. The molecule has 1 aromatic carbocycles. The van der Waals surface area contributed by atoms with Crippen LogP contribution in [0.1, 0.15) is 18.4 Å². The number of hydrogen-bond donors (Lipinski definition) is 2. The highest BCUT2D eigenvalue weighted by Gasteiger charge is 2.20. The molecule has 1 heterocycles. The fraction of sp³-hybridized carbons (Fsp3) is 0.533. The van der Waals surface area contributed by atoms with Crippen molar-refractivity contribution in [1.82, 2.24) is 5.32 Å². The van der Waals surface area contributed by atoms with Crippen LogP contribution in [0, 0.1) is 0 Å². The number of methoxy groups -OCH3 is 1. The van der Waals surface area contributed by atoms with E-state index in [1.807, 2.05) is 24.3 Å². The molecule has 0 spiro atoms. The molecule has 1 amide bonds. The molecule has 1 aliphatic rings. The predicted octanol–water partition coefficient (Wildman–Crippen LogP) is 0.860. The van der Waals surface area contributed by atoms with E-state index in [9.17, 15) is 4.79 Å². The van der Waals surface area contributed by atoms with Gasteiger partial charge in [-0.2, -0.15) is 0 Å². The Labute approximate surface area is 119 Å². The third kappa shape index (κ3) is 4.21. The van der Waals surface area contributed by atoms with Crippen LogP contribution in [-0.2, 0) is 16.0 Å². The summed E-state index contributed by atoms with van der Waals surface area (Å²) in [5.41, 5.74) is 6.99. The molecule has 1 aliphatic heterocycles. The van der Waals surface area contributed by atoms with Gasteiger partial charge >= 0.3 is 0 Å². The van der Waals surface area contributed by atoms with E-state index in [-0.39, 0.29) is 11.9 Å². The molecule has 0 radical (unpaired) electrons. The van der Waals surface area contributed by atoms with Crippen molar-refractivity contribution in [3.05, 3.63) is 29.8 Å². The van der Waals surface area contributed by atoms with Crippen molar-refractivity contribution in [2.24, 2.45) is 5.73 Å². The standard InChI is InChI=1S/C15H22N2O3/c1-19-13-4-2-11(3-5-13)10-14(16)15(18)17-12-6-8-20-9-7-12/h2-5,12,14H,6-10,16H2,1H3,(H,17,18)/t14-/m0/s1. The second kappa shape index (κ2) is 7.26. The largest absolute Gasteiger partial charge is 0.497 e. The molecule has 0 aromatic heterocycles. The number of carbonyl (C=O) groups is 1. The number of amides is 1. The molecule has 20 heavy (non-hydrogen) atoms. The summed E-state index contributed by atoms with van der Waals surface area (Å²) >= 11 is 0. The summed E-state index contributed by atoms with van der Waals surface area (Å²) in [6.07, 6.45) is 2.25. The summed E-state index contributed by atoms with van der Waals surface area (Å²) in [7, 11) is 1.63. The van der Waals surface area contributed by atoms with Gasteiger partial charge in [0.2, 0.25) is 5.91 Å². The highest BCUT2D eigenvalue weighted by atomic mass is 16.5. The minimum Gasteiger partial charge on any atom is -0.497 e. The lowest BCUT2D eigenvalue weighted by Crippen LogP contribution is -2.48. The average molecular weight is 278 g/mol. The van der Waals surface area contributed by atoms with Crippen LogP contribution in [0.5, 0.6) is 5.75 Å². The molecule has 3 N–H and O–H groups in total. The van der Waals surface area contributed by atoms with Crippen molar-refractivity contribution in [2.75, 3.05) is 20.3 Å². The van der Waals surface area contributed by atoms with E-state index in [1.165, 1.54) is 0 Å². The maximum absolute atomic E-state index is 12.0. The Morgan fingerprint density at radius 1 is 1.40 bits per heavy atom. The molecule has 0 unspecified atom stereocenters. The normalized spacial score (nSPS) is 17.5. The van der Waals surface area contributed by atoms with Crippen molar-refractivity contribution in [1.29, 1.82) is 0 Å². The molecular weight excluding hydrogens is 256 g/mol. The maximum Gasteiger partial charge on any atom is 0.237 e. The Morgan fingerprint density at radius 3 is 2.65 bits per heavy atom. The number of rotatable bonds is 5. The van der Waals surface area contributed by atoms with Crippen LogP contribution >= 0.6 is 0 Å². The highest BCUT2D eigenvalue weighted by Crippen LogP contribution is 2.13. The van der Waals surface area contributed by atoms with E-state index < -0.39 is 6.04 Å². The van der Waals surface area contributed by atoms with Gasteiger partial charge in [0.25, 0.3) is 0 Å². The van der Waals surface area contributed by atoms with Crippen LogP contribution in [0.15, 0.2) is 24.3 Å². The van der Waals surface area contributed by atoms with E-state index in [0.717, 1.165) is 24.2 Å². The van der Waals surface area contributed by atoms with Gasteiger partial charge in [-0.1, -0.05) is 12.1 Å². The highest BCUT2D eigenvalue weighted by molar-refractivity contribution is 5.82. The number of ether oxygens (including phenoxy) is 2. The summed E-state index contributed by atoms with van der Waals surface area (Å²) < 4.78 is 10.4. The number of hydrogen-bond acceptors (Lipinski definition) is 4. The van der Waals surface area contributed by atoms with Gasteiger partial charge in [-0.05, 0) is 37.0 Å². The van der Waals surface area contributed by atoms with Gasteiger partial charge < -0.3 is 20.5 Å². The summed E-state index contributed by atoms with van der Waals surface area (Å²) in [6.45, 7) is 1.41. The quantitative estimate of drug-likeness (QED) is 0.838. The average Bonchev–Trinajstić information content (AvgIpc) is 2.49. The van der Waals surface area contributed by atoms with Crippen LogP contribution in [0.2, 0.25) is 0 Å². The zero-order valence-electron chi connectivity index (χ0n) is 11.8. The summed E-state index contributed by atoms with van der Waals surface area (Å²) in [5.74, 6) is 0.710. The molecule has 0 bridgehead atoms. The minimum absolute atomic E-state index is 0.0901. The van der Waals surface area contributed by atoms with Crippen molar-refractivity contribution < 1.29 is 14.3 Å². The minimum atomic E-state index is -0.522. The van der Waals surface area contributed by atoms with Crippen molar-refractivity contribution in [3.8, 4) is 5.75 Å². The molecule has 5 nitrogen and oxygen atoms in total. The fourth-order valence-corrected chi connectivity index (χ4v) is 2.26. The van der Waals surface area contributed by atoms with Gasteiger partial charge in [-0.3, -0.25) is 4.79 Å². The SMILES string of the molecule is COc1ccc(C[C@H](N)C(=O)NC2CCOCC2)cc1. The van der Waals surface area contributed by atoms with E-state index in [4.69, 9.17) is 15.2 Å². The molecule has 1 atom stereocenters. The molecule has 0 aliphatic carbocycles. The molecule has 0 saturated carbocycles. The maximum atomic E-state index is 12.0. The molecule has 1 saturated heterocycles. The Hall–Kier alpha value is -1.59. The van der Waals surface area contributed by atoms with Crippen LogP contribution < -0.4 is 15.8 Å². The fourth-order valence-electron chi connectivity index (χ4n) is 2.26. The molecule has 1 fully saturated rings. The Bertz CT molecular complexity index is 427. The topological polar surface area (TPSA) is 73.6 Å². The number of benzene rings is 1. The number of nitrogens with one attached hydrogen (secondary N) is 1. The van der Waals surface area contributed by atoms with Gasteiger partial charge in [0.1, 0.15) is 5.75 Å². The van der Waals surface area contributed by atoms with Crippen molar-refractivity contribution >= 4 is 5.91 Å². The second-order valence-corrected chi connectivity index (χ2v) is 5.05. The van der Waals surface area contributed by atoms with Crippen LogP contribution in [0.25, 0.3) is 0 Å². The van der Waals surface area contributed by atoms with Crippen molar-refractivity contribution in [3.63, 3.8) is 0 Å². The van der Waals surface area contributed by atoms with Crippen LogP contribution in [0.3, 0.4) is 0 Å². The molecule has 5 heteroatoms. The van der Waals surface area contributed by atoms with Gasteiger partial charge in [-0.25, -0.2) is 0 Å². The molecule has 2 rings (SSSR count). The first kappa shape index (κ1) is 14.8. The number of carbonyl (C=O) groups excluding carboxylic acids is 1. The third-order valence-electron chi connectivity index (χ3n) is 3.52.